The van der Waals surface area contributed by atoms with Crippen molar-refractivity contribution >= 4 is 0 Å². The Labute approximate surface area is 88.0 Å². The lowest BCUT2D eigenvalue weighted by Gasteiger charge is -2.13. The van der Waals surface area contributed by atoms with Crippen molar-refractivity contribution in [2.75, 3.05) is 19.8 Å². The molecular formula is C12H23NO. The zero-order valence-electron chi connectivity index (χ0n) is 9.84. The lowest BCUT2D eigenvalue weighted by atomic mass is 10.1. The van der Waals surface area contributed by atoms with Crippen molar-refractivity contribution in [3.63, 3.8) is 0 Å². The van der Waals surface area contributed by atoms with Crippen molar-refractivity contribution < 1.29 is 4.74 Å². The summed E-state index contributed by atoms with van der Waals surface area (Å²) in [6.07, 6.45) is 6.24. The van der Waals surface area contributed by atoms with Crippen molar-refractivity contribution in [1.29, 1.82) is 0 Å². The molecule has 0 spiro atoms. The van der Waals surface area contributed by atoms with Gasteiger partial charge in [0.2, 0.25) is 0 Å². The molecule has 1 unspecified atom stereocenters. The Hall–Kier alpha value is -0.600. The van der Waals surface area contributed by atoms with Crippen LogP contribution < -0.4 is 5.32 Å². The minimum absolute atomic E-state index is 0.423. The van der Waals surface area contributed by atoms with Gasteiger partial charge in [-0.1, -0.05) is 23.8 Å². The Bertz CT molecular complexity index is 185. The molecule has 0 aromatic carbocycles. The highest BCUT2D eigenvalue weighted by molar-refractivity contribution is 5.14. The van der Waals surface area contributed by atoms with E-state index in [9.17, 15) is 0 Å². The second-order valence-electron chi connectivity index (χ2n) is 3.31. The van der Waals surface area contributed by atoms with E-state index in [0.29, 0.717) is 6.04 Å². The third kappa shape index (κ3) is 6.87. The van der Waals surface area contributed by atoms with E-state index in [2.05, 4.69) is 31.3 Å². The largest absolute Gasteiger partial charge is 0.380 e. The minimum atomic E-state index is 0.423. The Morgan fingerprint density at radius 2 is 2.21 bits per heavy atom. The summed E-state index contributed by atoms with van der Waals surface area (Å²) in [5.74, 6) is 0. The topological polar surface area (TPSA) is 21.3 Å². The van der Waals surface area contributed by atoms with Gasteiger partial charge in [-0.2, -0.15) is 0 Å². The minimum Gasteiger partial charge on any atom is -0.380 e. The fourth-order valence-electron chi connectivity index (χ4n) is 1.05. The molecule has 1 N–H and O–H groups in total. The summed E-state index contributed by atoms with van der Waals surface area (Å²) >= 11 is 0. The van der Waals surface area contributed by atoms with E-state index >= 15 is 0 Å². The molecule has 0 saturated carbocycles. The van der Waals surface area contributed by atoms with Gasteiger partial charge in [0.15, 0.2) is 0 Å². The number of allylic oxidation sites excluding steroid dienone is 3. The molecule has 0 aliphatic carbocycles. The molecule has 1 atom stereocenters. The lowest BCUT2D eigenvalue weighted by molar-refractivity contribution is 0.148. The lowest BCUT2D eigenvalue weighted by Crippen LogP contribution is -2.30. The van der Waals surface area contributed by atoms with E-state index in [-0.39, 0.29) is 0 Å². The van der Waals surface area contributed by atoms with Gasteiger partial charge in [-0.25, -0.2) is 0 Å². The summed E-state index contributed by atoms with van der Waals surface area (Å²) in [5.41, 5.74) is 1.35. The molecule has 0 aromatic heterocycles. The summed E-state index contributed by atoms with van der Waals surface area (Å²) in [4.78, 5) is 0. The average Bonchev–Trinajstić information content (AvgIpc) is 2.20. The van der Waals surface area contributed by atoms with Crippen LogP contribution >= 0.6 is 0 Å². The number of nitrogens with one attached hydrogen (secondary N) is 1. The van der Waals surface area contributed by atoms with Crippen LogP contribution in [0.1, 0.15) is 27.7 Å². The summed E-state index contributed by atoms with van der Waals surface area (Å²) in [6.45, 7) is 10.8. The van der Waals surface area contributed by atoms with Crippen molar-refractivity contribution in [3.05, 3.63) is 23.8 Å². The van der Waals surface area contributed by atoms with Crippen LogP contribution in [0, 0.1) is 0 Å². The van der Waals surface area contributed by atoms with Gasteiger partial charge in [-0.3, -0.25) is 0 Å². The highest BCUT2D eigenvalue weighted by Gasteiger charge is 2.00. The molecule has 0 radical (unpaired) electrons. The number of ether oxygens (including phenoxy) is 1. The molecule has 82 valence electrons. The van der Waals surface area contributed by atoms with Crippen LogP contribution in [0.15, 0.2) is 23.8 Å². The van der Waals surface area contributed by atoms with E-state index < -0.39 is 0 Å². The van der Waals surface area contributed by atoms with Crippen LogP contribution in [-0.2, 0) is 4.74 Å². The Kier molecular flexibility index (Phi) is 8.59. The predicted molar refractivity (Wildman–Crippen MR) is 62.5 cm³/mol. The van der Waals surface area contributed by atoms with E-state index in [4.69, 9.17) is 4.74 Å². The number of hydrogen-bond donors (Lipinski definition) is 1. The van der Waals surface area contributed by atoms with Gasteiger partial charge in [0.1, 0.15) is 0 Å². The second-order valence-corrected chi connectivity index (χ2v) is 3.31. The Morgan fingerprint density at radius 1 is 1.50 bits per heavy atom. The first-order chi connectivity index (χ1) is 6.72. The first kappa shape index (κ1) is 13.4. The molecule has 0 bridgehead atoms. The SMILES string of the molecule is C/C=C\C=C(/C)C(C)NCCOCC. The van der Waals surface area contributed by atoms with Gasteiger partial charge < -0.3 is 10.1 Å². The molecular weight excluding hydrogens is 174 g/mol. The van der Waals surface area contributed by atoms with E-state index in [0.717, 1.165) is 19.8 Å². The molecule has 0 rings (SSSR count). The third-order valence-electron chi connectivity index (χ3n) is 2.14. The second kappa shape index (κ2) is 8.97. The number of rotatable bonds is 7. The van der Waals surface area contributed by atoms with Crippen LogP contribution in [0.3, 0.4) is 0 Å². The number of hydrogen-bond acceptors (Lipinski definition) is 2. The highest BCUT2D eigenvalue weighted by Crippen LogP contribution is 2.00. The van der Waals surface area contributed by atoms with Crippen LogP contribution in [0.5, 0.6) is 0 Å². The molecule has 2 nitrogen and oxygen atoms in total. The third-order valence-corrected chi connectivity index (χ3v) is 2.14. The molecule has 0 aliphatic heterocycles. The molecule has 2 heteroatoms. The van der Waals surface area contributed by atoms with Crippen LogP contribution in [0.4, 0.5) is 0 Å². The predicted octanol–water partition coefficient (Wildman–Crippen LogP) is 2.52. The van der Waals surface area contributed by atoms with Crippen molar-refractivity contribution in [2.24, 2.45) is 0 Å². The van der Waals surface area contributed by atoms with E-state index in [1.54, 1.807) is 0 Å². The Morgan fingerprint density at radius 3 is 2.79 bits per heavy atom. The maximum atomic E-state index is 5.25. The van der Waals surface area contributed by atoms with E-state index in [1.807, 2.05) is 19.9 Å². The summed E-state index contributed by atoms with van der Waals surface area (Å²) in [5, 5.41) is 3.40. The molecule has 0 fully saturated rings. The zero-order valence-corrected chi connectivity index (χ0v) is 9.84. The standard InChI is InChI=1S/C12H23NO/c1-5-7-8-11(3)12(4)13-9-10-14-6-2/h5,7-8,12-13H,6,9-10H2,1-4H3/b7-5-,11-8+. The molecule has 0 saturated heterocycles. The molecule has 0 aliphatic rings. The summed E-state index contributed by atoms with van der Waals surface area (Å²) < 4.78 is 5.25. The Balaban J connectivity index is 3.66. The van der Waals surface area contributed by atoms with Crippen LogP contribution in [-0.4, -0.2) is 25.8 Å². The smallest absolute Gasteiger partial charge is 0.0590 e. The molecule has 0 amide bonds. The van der Waals surface area contributed by atoms with Gasteiger partial charge in [-0.15, -0.1) is 0 Å². The summed E-state index contributed by atoms with van der Waals surface area (Å²) in [6, 6.07) is 0.423. The molecule has 14 heavy (non-hydrogen) atoms. The maximum Gasteiger partial charge on any atom is 0.0590 e. The fraction of sp³-hybridized carbons (Fsp3) is 0.667. The highest BCUT2D eigenvalue weighted by atomic mass is 16.5. The van der Waals surface area contributed by atoms with Crippen molar-refractivity contribution in [1.82, 2.24) is 5.32 Å². The average molecular weight is 197 g/mol. The van der Waals surface area contributed by atoms with E-state index in [1.165, 1.54) is 5.57 Å². The van der Waals surface area contributed by atoms with Gasteiger partial charge in [0, 0.05) is 19.2 Å². The molecule has 0 heterocycles. The van der Waals surface area contributed by atoms with Crippen LogP contribution in [0.2, 0.25) is 0 Å². The maximum absolute atomic E-state index is 5.25. The van der Waals surface area contributed by atoms with Crippen molar-refractivity contribution in [3.8, 4) is 0 Å². The molecule has 0 aromatic rings. The first-order valence-electron chi connectivity index (χ1n) is 5.33. The van der Waals surface area contributed by atoms with Gasteiger partial charge in [-0.05, 0) is 27.7 Å². The summed E-state index contributed by atoms with van der Waals surface area (Å²) in [7, 11) is 0. The van der Waals surface area contributed by atoms with Gasteiger partial charge >= 0.3 is 0 Å². The van der Waals surface area contributed by atoms with Gasteiger partial charge in [0.25, 0.3) is 0 Å². The fourth-order valence-corrected chi connectivity index (χ4v) is 1.05. The van der Waals surface area contributed by atoms with Crippen molar-refractivity contribution in [2.45, 2.75) is 33.7 Å². The van der Waals surface area contributed by atoms with Crippen LogP contribution in [0.25, 0.3) is 0 Å². The van der Waals surface area contributed by atoms with Gasteiger partial charge in [0.05, 0.1) is 6.61 Å². The first-order valence-corrected chi connectivity index (χ1v) is 5.33. The quantitative estimate of drug-likeness (QED) is 0.500. The monoisotopic (exact) mass is 197 g/mol. The zero-order chi connectivity index (χ0) is 10.8. The normalized spacial score (nSPS) is 15.0.